The molecule has 3 nitrogen and oxygen atoms in total. The lowest BCUT2D eigenvalue weighted by molar-refractivity contribution is 0.436. The fraction of sp³-hybridized carbons (Fsp3) is 0.0204. The first-order valence-corrected chi connectivity index (χ1v) is 17.8. The number of anilines is 3. The van der Waals surface area contributed by atoms with Crippen LogP contribution < -0.4 is 9.64 Å². The largest absolute Gasteiger partial charge is 0.457 e. The number of benzene rings is 8. The molecule has 0 bridgehead atoms. The molecule has 8 aromatic carbocycles. The van der Waals surface area contributed by atoms with Crippen LogP contribution >= 0.6 is 0 Å². The summed E-state index contributed by atoms with van der Waals surface area (Å²) >= 11 is 0. The molecule has 0 fully saturated rings. The second-order valence-electron chi connectivity index (χ2n) is 13.6. The highest BCUT2D eigenvalue weighted by atomic mass is 16.5. The summed E-state index contributed by atoms with van der Waals surface area (Å²) in [4.78, 5) is 2.30. The van der Waals surface area contributed by atoms with E-state index in [2.05, 4.69) is 181 Å². The van der Waals surface area contributed by atoms with Gasteiger partial charge in [-0.2, -0.15) is 0 Å². The lowest BCUT2D eigenvalue weighted by atomic mass is 9.64. The van der Waals surface area contributed by atoms with Gasteiger partial charge in [0, 0.05) is 45.0 Å². The van der Waals surface area contributed by atoms with Crippen LogP contribution in [0.1, 0.15) is 22.3 Å². The highest BCUT2D eigenvalue weighted by Gasteiger charge is 2.52. The van der Waals surface area contributed by atoms with Gasteiger partial charge in [0.1, 0.15) is 22.7 Å². The van der Waals surface area contributed by atoms with E-state index >= 15 is 0 Å². The number of hydrogen-bond acceptors (Lipinski definition) is 3. The van der Waals surface area contributed by atoms with Crippen molar-refractivity contribution in [1.82, 2.24) is 0 Å². The van der Waals surface area contributed by atoms with Crippen molar-refractivity contribution in [1.29, 1.82) is 0 Å². The van der Waals surface area contributed by atoms with Crippen molar-refractivity contribution in [3.05, 3.63) is 210 Å². The van der Waals surface area contributed by atoms with E-state index in [0.717, 1.165) is 56.1 Å². The van der Waals surface area contributed by atoms with Gasteiger partial charge in [0.15, 0.2) is 0 Å². The summed E-state index contributed by atoms with van der Waals surface area (Å²) < 4.78 is 12.9. The third-order valence-corrected chi connectivity index (χ3v) is 10.9. The molecule has 0 saturated heterocycles. The van der Waals surface area contributed by atoms with Gasteiger partial charge in [-0.25, -0.2) is 0 Å². The predicted molar refractivity (Wildman–Crippen MR) is 211 cm³/mol. The van der Waals surface area contributed by atoms with Gasteiger partial charge in [0.25, 0.3) is 0 Å². The monoisotopic (exact) mass is 665 g/mol. The van der Waals surface area contributed by atoms with E-state index in [1.165, 1.54) is 38.9 Å². The third-order valence-electron chi connectivity index (χ3n) is 10.9. The SMILES string of the molecule is c1ccc(N(c2ccc(-c3cccc4c3C3(c5ccccc5Oc5ccccc53)c3ccccc3-4)cc2)c2ccc3c(c2)oc2ccccc23)cc1. The summed E-state index contributed by atoms with van der Waals surface area (Å²) in [6, 6.07) is 67.1. The number of ether oxygens (including phenoxy) is 1. The van der Waals surface area contributed by atoms with Crippen LogP contribution in [0.5, 0.6) is 11.5 Å². The highest BCUT2D eigenvalue weighted by molar-refractivity contribution is 6.06. The normalized spacial score (nSPS) is 13.3. The van der Waals surface area contributed by atoms with Crippen LogP contribution in [0.4, 0.5) is 17.1 Å². The maximum atomic E-state index is 6.60. The molecule has 2 aliphatic rings. The minimum Gasteiger partial charge on any atom is -0.457 e. The number of hydrogen-bond donors (Lipinski definition) is 0. The van der Waals surface area contributed by atoms with Crippen molar-refractivity contribution >= 4 is 39.0 Å². The van der Waals surface area contributed by atoms with Crippen molar-refractivity contribution in [2.75, 3.05) is 4.90 Å². The fourth-order valence-electron chi connectivity index (χ4n) is 8.82. The Bertz CT molecular complexity index is 2790. The summed E-state index contributed by atoms with van der Waals surface area (Å²) in [5.74, 6) is 1.79. The van der Waals surface area contributed by atoms with E-state index < -0.39 is 5.41 Å². The molecule has 9 aromatic rings. The summed E-state index contributed by atoms with van der Waals surface area (Å²) in [7, 11) is 0. The number of furan rings is 1. The van der Waals surface area contributed by atoms with Crippen molar-refractivity contribution in [2.45, 2.75) is 5.41 Å². The number of nitrogens with zero attached hydrogens (tertiary/aromatic N) is 1. The Hall–Kier alpha value is -6.84. The minimum atomic E-state index is -0.537. The maximum Gasteiger partial charge on any atom is 0.137 e. The maximum absolute atomic E-state index is 6.60. The summed E-state index contributed by atoms with van der Waals surface area (Å²) in [6.07, 6.45) is 0. The lowest BCUT2D eigenvalue weighted by Gasteiger charge is -2.40. The van der Waals surface area contributed by atoms with Crippen molar-refractivity contribution in [2.24, 2.45) is 0 Å². The molecule has 1 spiro atoms. The Morgan fingerprint density at radius 2 is 0.962 bits per heavy atom. The third kappa shape index (κ3) is 4.02. The Kier molecular flexibility index (Phi) is 6.17. The zero-order chi connectivity index (χ0) is 34.2. The summed E-state index contributed by atoms with van der Waals surface area (Å²) in [6.45, 7) is 0. The predicted octanol–water partition coefficient (Wildman–Crippen LogP) is 13.2. The van der Waals surface area contributed by atoms with Crippen molar-refractivity contribution in [3.63, 3.8) is 0 Å². The Morgan fingerprint density at radius 3 is 1.75 bits per heavy atom. The second kappa shape index (κ2) is 11.1. The van der Waals surface area contributed by atoms with Gasteiger partial charge in [0.2, 0.25) is 0 Å². The Labute approximate surface area is 301 Å². The molecule has 0 radical (unpaired) electrons. The van der Waals surface area contributed by atoms with Gasteiger partial charge in [-0.1, -0.05) is 127 Å². The van der Waals surface area contributed by atoms with E-state index in [9.17, 15) is 0 Å². The van der Waals surface area contributed by atoms with Crippen LogP contribution in [0.2, 0.25) is 0 Å². The zero-order valence-electron chi connectivity index (χ0n) is 28.2. The Balaban J connectivity index is 1.10. The van der Waals surface area contributed by atoms with Crippen LogP contribution in [0.3, 0.4) is 0 Å². The van der Waals surface area contributed by atoms with Crippen LogP contribution in [0.25, 0.3) is 44.2 Å². The van der Waals surface area contributed by atoms with E-state index in [4.69, 9.17) is 9.15 Å². The molecule has 0 amide bonds. The number of rotatable bonds is 4. The number of fused-ring (bicyclic) bond motifs is 12. The molecule has 0 atom stereocenters. The minimum absolute atomic E-state index is 0.537. The van der Waals surface area contributed by atoms with Gasteiger partial charge in [-0.05, 0) is 88.0 Å². The molecule has 1 aromatic heterocycles. The van der Waals surface area contributed by atoms with E-state index in [-0.39, 0.29) is 0 Å². The van der Waals surface area contributed by atoms with Gasteiger partial charge >= 0.3 is 0 Å². The molecule has 0 saturated carbocycles. The average Bonchev–Trinajstić information content (AvgIpc) is 3.73. The molecule has 52 heavy (non-hydrogen) atoms. The topological polar surface area (TPSA) is 25.6 Å². The summed E-state index contributed by atoms with van der Waals surface area (Å²) in [5, 5.41) is 2.25. The standard InChI is InChI=1S/C49H31NO2/c1-2-13-33(14-3-1)50(35-29-30-39-38-16-5-9-22-44(38)51-47(39)31-35)34-27-25-32(26-28-34)36-17-12-18-40-37-15-4-6-19-41(37)49(48(36)40)42-20-7-10-23-45(42)52-46-24-11-8-21-43(46)49/h1-31H. The summed E-state index contributed by atoms with van der Waals surface area (Å²) in [5.41, 5.74) is 14.2. The molecule has 244 valence electrons. The molecular weight excluding hydrogens is 635 g/mol. The first-order valence-electron chi connectivity index (χ1n) is 17.8. The van der Waals surface area contributed by atoms with E-state index in [0.29, 0.717) is 0 Å². The van der Waals surface area contributed by atoms with Gasteiger partial charge in [-0.3, -0.25) is 0 Å². The smallest absolute Gasteiger partial charge is 0.137 e. The molecule has 0 N–H and O–H groups in total. The molecule has 11 rings (SSSR count). The molecule has 0 unspecified atom stereocenters. The Morgan fingerprint density at radius 1 is 0.385 bits per heavy atom. The second-order valence-corrected chi connectivity index (χ2v) is 13.6. The quantitative estimate of drug-likeness (QED) is 0.187. The first kappa shape index (κ1) is 28.9. The van der Waals surface area contributed by atoms with Gasteiger partial charge in [-0.15, -0.1) is 0 Å². The highest BCUT2D eigenvalue weighted by Crippen LogP contribution is 2.63. The van der Waals surface area contributed by atoms with E-state index in [1.54, 1.807) is 0 Å². The fourth-order valence-corrected chi connectivity index (χ4v) is 8.82. The molecular formula is C49H31NO2. The number of para-hydroxylation sites is 4. The van der Waals surface area contributed by atoms with Gasteiger partial charge in [0.05, 0.1) is 5.41 Å². The molecule has 1 aliphatic carbocycles. The average molecular weight is 666 g/mol. The van der Waals surface area contributed by atoms with E-state index in [1.807, 2.05) is 12.1 Å². The molecule has 1 aliphatic heterocycles. The first-order chi connectivity index (χ1) is 25.8. The van der Waals surface area contributed by atoms with Crippen molar-refractivity contribution in [3.8, 4) is 33.8 Å². The van der Waals surface area contributed by atoms with Crippen LogP contribution in [-0.2, 0) is 5.41 Å². The molecule has 3 heteroatoms. The van der Waals surface area contributed by atoms with Crippen LogP contribution in [-0.4, -0.2) is 0 Å². The molecule has 2 heterocycles. The zero-order valence-corrected chi connectivity index (χ0v) is 28.2. The van der Waals surface area contributed by atoms with Crippen molar-refractivity contribution < 1.29 is 9.15 Å². The van der Waals surface area contributed by atoms with Gasteiger partial charge < -0.3 is 14.1 Å². The lowest BCUT2D eigenvalue weighted by Crippen LogP contribution is -2.32. The van der Waals surface area contributed by atoms with Crippen LogP contribution in [0.15, 0.2) is 192 Å². The van der Waals surface area contributed by atoms with Crippen LogP contribution in [0, 0.1) is 0 Å².